The number of benzene rings is 3. The van der Waals surface area contributed by atoms with Crippen LogP contribution in [0.1, 0.15) is 11.4 Å². The lowest BCUT2D eigenvalue weighted by atomic mass is 10.2. The normalized spacial score (nSPS) is 11.3. The van der Waals surface area contributed by atoms with Gasteiger partial charge in [0.25, 0.3) is 5.56 Å². The number of rotatable bonds is 7. The smallest absolute Gasteiger partial charge is 0.267 e. The molecule has 0 aliphatic carbocycles. The molecule has 5 rings (SSSR count). The summed E-state index contributed by atoms with van der Waals surface area (Å²) in [5.41, 5.74) is 5.98. The van der Waals surface area contributed by atoms with E-state index in [1.807, 2.05) is 66.0 Å². The quantitative estimate of drug-likeness (QED) is 0.187. The summed E-state index contributed by atoms with van der Waals surface area (Å²) in [6, 6.07) is 20.4. The Bertz CT molecular complexity index is 1620. The first kappa shape index (κ1) is 24.2. The van der Waals surface area contributed by atoms with Gasteiger partial charge in [0.2, 0.25) is 0 Å². The summed E-state index contributed by atoms with van der Waals surface area (Å²) in [5, 5.41) is 7.89. The van der Waals surface area contributed by atoms with E-state index < -0.39 is 0 Å². The van der Waals surface area contributed by atoms with Crippen molar-refractivity contribution in [1.82, 2.24) is 20.0 Å². The lowest BCUT2D eigenvalue weighted by Crippen LogP contribution is -2.26. The van der Waals surface area contributed by atoms with Gasteiger partial charge < -0.3 is 10.2 Å². The zero-order valence-corrected chi connectivity index (χ0v) is 22.1. The lowest BCUT2D eigenvalue weighted by molar-refractivity contribution is 0.415. The SMILES string of the molecule is COc1ccc(/C=N/NCc2nc3ccc(Br)cc3c(=O)n2-c2nc(-c3ccc(Cl)cc3)cs2)cc1. The fourth-order valence-electron chi connectivity index (χ4n) is 3.57. The summed E-state index contributed by atoms with van der Waals surface area (Å²) < 4.78 is 7.52. The van der Waals surface area contributed by atoms with Gasteiger partial charge in [-0.3, -0.25) is 4.79 Å². The molecule has 0 amide bonds. The van der Waals surface area contributed by atoms with Crippen LogP contribution in [0, 0.1) is 0 Å². The Morgan fingerprint density at radius 3 is 2.64 bits per heavy atom. The van der Waals surface area contributed by atoms with Crippen molar-refractivity contribution in [2.45, 2.75) is 6.54 Å². The van der Waals surface area contributed by atoms with Crippen LogP contribution in [0.25, 0.3) is 27.3 Å². The second kappa shape index (κ2) is 10.6. The Labute approximate surface area is 224 Å². The van der Waals surface area contributed by atoms with Crippen molar-refractivity contribution in [1.29, 1.82) is 0 Å². The molecule has 0 bridgehead atoms. The summed E-state index contributed by atoms with van der Waals surface area (Å²) in [6.07, 6.45) is 1.70. The maximum atomic E-state index is 13.6. The molecule has 0 fully saturated rings. The predicted molar refractivity (Wildman–Crippen MR) is 149 cm³/mol. The van der Waals surface area contributed by atoms with Crippen molar-refractivity contribution in [2.75, 3.05) is 7.11 Å². The first-order chi connectivity index (χ1) is 17.5. The zero-order valence-electron chi connectivity index (χ0n) is 19.0. The average Bonchev–Trinajstić information content (AvgIpc) is 3.37. The molecular weight excluding hydrogens is 562 g/mol. The highest BCUT2D eigenvalue weighted by molar-refractivity contribution is 9.10. The maximum Gasteiger partial charge on any atom is 0.267 e. The van der Waals surface area contributed by atoms with Gasteiger partial charge in [0.1, 0.15) is 11.6 Å². The van der Waals surface area contributed by atoms with Crippen LogP contribution in [0.15, 0.2) is 86.5 Å². The largest absolute Gasteiger partial charge is 0.497 e. The molecular formula is C26H19BrClN5O2S. The number of thiazole rings is 1. The summed E-state index contributed by atoms with van der Waals surface area (Å²) in [6.45, 7) is 0.226. The van der Waals surface area contributed by atoms with E-state index in [0.29, 0.717) is 26.9 Å². The van der Waals surface area contributed by atoms with E-state index in [1.54, 1.807) is 19.4 Å². The first-order valence-electron chi connectivity index (χ1n) is 10.8. The summed E-state index contributed by atoms with van der Waals surface area (Å²) >= 11 is 10.8. The number of nitrogens with one attached hydrogen (secondary N) is 1. The van der Waals surface area contributed by atoms with Crippen LogP contribution < -0.4 is 15.7 Å². The third-order valence-corrected chi connectivity index (χ3v) is 6.95. The van der Waals surface area contributed by atoms with Crippen molar-refractivity contribution < 1.29 is 4.74 Å². The average molecular weight is 581 g/mol. The predicted octanol–water partition coefficient (Wildman–Crippen LogP) is 6.06. The monoisotopic (exact) mass is 579 g/mol. The molecule has 0 aliphatic heterocycles. The van der Waals surface area contributed by atoms with E-state index in [9.17, 15) is 4.79 Å². The van der Waals surface area contributed by atoms with E-state index in [0.717, 1.165) is 27.0 Å². The Hall–Kier alpha value is -3.53. The minimum Gasteiger partial charge on any atom is -0.497 e. The number of fused-ring (bicyclic) bond motifs is 1. The standard InChI is InChI=1S/C26H19BrClN5O2S/c1-35-20-9-2-16(3-10-20)13-29-30-14-24-31-22-11-6-18(27)12-21(22)25(34)33(24)26-32-23(15-36-26)17-4-7-19(28)8-5-17/h2-13,15,30H,14H2,1H3/b29-13+. The number of hydrazone groups is 1. The number of nitrogens with zero attached hydrogens (tertiary/aromatic N) is 4. The van der Waals surface area contributed by atoms with Crippen LogP contribution in [0.5, 0.6) is 5.75 Å². The van der Waals surface area contributed by atoms with Gasteiger partial charge in [-0.2, -0.15) is 5.10 Å². The molecule has 0 aliphatic rings. The van der Waals surface area contributed by atoms with Crippen LogP contribution in [0.3, 0.4) is 0 Å². The van der Waals surface area contributed by atoms with Crippen LogP contribution in [-0.2, 0) is 6.54 Å². The van der Waals surface area contributed by atoms with Crippen LogP contribution in [0.2, 0.25) is 5.02 Å². The highest BCUT2D eigenvalue weighted by atomic mass is 79.9. The number of methoxy groups -OCH3 is 1. The molecule has 0 saturated heterocycles. The number of halogens is 2. The summed E-state index contributed by atoms with van der Waals surface area (Å²) in [4.78, 5) is 23.1. The number of ether oxygens (including phenoxy) is 1. The molecule has 10 heteroatoms. The van der Waals surface area contributed by atoms with Crippen molar-refractivity contribution in [3.63, 3.8) is 0 Å². The highest BCUT2D eigenvalue weighted by Crippen LogP contribution is 2.26. The molecule has 5 aromatic rings. The third kappa shape index (κ3) is 5.18. The number of hydrogen-bond acceptors (Lipinski definition) is 7. The van der Waals surface area contributed by atoms with Crippen molar-refractivity contribution in [3.05, 3.63) is 103 Å². The second-order valence-electron chi connectivity index (χ2n) is 7.72. The minimum atomic E-state index is -0.200. The molecule has 0 spiro atoms. The third-order valence-electron chi connectivity index (χ3n) is 5.38. The van der Waals surface area contributed by atoms with Gasteiger partial charge in [0.15, 0.2) is 5.13 Å². The van der Waals surface area contributed by atoms with Crippen molar-refractivity contribution in [3.8, 4) is 22.1 Å². The molecule has 0 unspecified atom stereocenters. The topological polar surface area (TPSA) is 81.4 Å². The molecule has 0 radical (unpaired) electrons. The number of aromatic nitrogens is 3. The molecule has 0 atom stereocenters. The molecule has 0 saturated carbocycles. The van der Waals surface area contributed by atoms with Crippen molar-refractivity contribution >= 4 is 56.0 Å². The van der Waals surface area contributed by atoms with E-state index in [1.165, 1.54) is 15.9 Å². The summed E-state index contributed by atoms with van der Waals surface area (Å²) in [7, 11) is 1.63. The van der Waals surface area contributed by atoms with Crippen LogP contribution >= 0.6 is 38.9 Å². The highest BCUT2D eigenvalue weighted by Gasteiger charge is 2.16. The van der Waals surface area contributed by atoms with Gasteiger partial charge in [-0.1, -0.05) is 39.7 Å². The Kier molecular flexibility index (Phi) is 7.13. The molecule has 2 heterocycles. The molecule has 36 heavy (non-hydrogen) atoms. The van der Waals surface area contributed by atoms with Gasteiger partial charge in [-0.05, 0) is 60.2 Å². The lowest BCUT2D eigenvalue weighted by Gasteiger charge is -2.11. The molecule has 3 aromatic carbocycles. The van der Waals surface area contributed by atoms with Crippen LogP contribution in [-0.4, -0.2) is 27.9 Å². The Morgan fingerprint density at radius 1 is 1.11 bits per heavy atom. The molecule has 180 valence electrons. The second-order valence-corrected chi connectivity index (χ2v) is 9.91. The van der Waals surface area contributed by atoms with Gasteiger partial charge in [0.05, 0.1) is 36.5 Å². The van der Waals surface area contributed by atoms with E-state index in [2.05, 4.69) is 26.5 Å². The zero-order chi connectivity index (χ0) is 25.1. The Morgan fingerprint density at radius 2 is 1.89 bits per heavy atom. The number of hydrogen-bond donors (Lipinski definition) is 1. The fourth-order valence-corrected chi connectivity index (χ4v) is 4.90. The van der Waals surface area contributed by atoms with E-state index >= 15 is 0 Å². The van der Waals surface area contributed by atoms with Gasteiger partial charge in [0, 0.05) is 20.4 Å². The molecule has 1 N–H and O–H groups in total. The maximum absolute atomic E-state index is 13.6. The summed E-state index contributed by atoms with van der Waals surface area (Å²) in [5.74, 6) is 1.27. The first-order valence-corrected chi connectivity index (χ1v) is 12.9. The molecule has 7 nitrogen and oxygen atoms in total. The van der Waals surface area contributed by atoms with Gasteiger partial charge in [-0.15, -0.1) is 11.3 Å². The van der Waals surface area contributed by atoms with Gasteiger partial charge >= 0.3 is 0 Å². The van der Waals surface area contributed by atoms with Gasteiger partial charge in [-0.25, -0.2) is 14.5 Å². The fraction of sp³-hybridized carbons (Fsp3) is 0.0769. The molecule has 2 aromatic heterocycles. The van der Waals surface area contributed by atoms with E-state index in [4.69, 9.17) is 26.3 Å². The Balaban J connectivity index is 1.49. The minimum absolute atomic E-state index is 0.200. The van der Waals surface area contributed by atoms with E-state index in [-0.39, 0.29) is 12.1 Å². The van der Waals surface area contributed by atoms with Crippen LogP contribution in [0.4, 0.5) is 0 Å². The van der Waals surface area contributed by atoms with Crippen molar-refractivity contribution in [2.24, 2.45) is 5.10 Å².